The smallest absolute Gasteiger partial charge is 0.137 e. The van der Waals surface area contributed by atoms with E-state index in [2.05, 4.69) is 4.98 Å². The van der Waals surface area contributed by atoms with Crippen LogP contribution in [0.4, 0.5) is 5.82 Å². The molecule has 0 unspecified atom stereocenters. The van der Waals surface area contributed by atoms with Gasteiger partial charge < -0.3 is 15.2 Å². The summed E-state index contributed by atoms with van der Waals surface area (Å²) in [5, 5.41) is 0. The van der Waals surface area contributed by atoms with Crippen molar-refractivity contribution in [3.63, 3.8) is 0 Å². The quantitative estimate of drug-likeness (QED) is 0.743. The van der Waals surface area contributed by atoms with Crippen LogP contribution >= 0.6 is 0 Å². The number of rotatable bonds is 3. The average molecular weight is 180 g/mol. The Morgan fingerprint density at radius 2 is 2.38 bits per heavy atom. The van der Waals surface area contributed by atoms with E-state index in [1.165, 1.54) is 0 Å². The number of ether oxygens (including phenoxy) is 2. The zero-order valence-electron chi connectivity index (χ0n) is 7.27. The van der Waals surface area contributed by atoms with Gasteiger partial charge in [-0.3, -0.25) is 0 Å². The summed E-state index contributed by atoms with van der Waals surface area (Å²) < 4.78 is 10.5. The lowest BCUT2D eigenvalue weighted by Crippen LogP contribution is -2.32. The second-order valence-corrected chi connectivity index (χ2v) is 3.13. The molecule has 0 bridgehead atoms. The fourth-order valence-electron chi connectivity index (χ4n) is 1.07. The van der Waals surface area contributed by atoms with Crippen molar-refractivity contribution in [1.29, 1.82) is 0 Å². The first-order chi connectivity index (χ1) is 6.34. The summed E-state index contributed by atoms with van der Waals surface area (Å²) in [5.41, 5.74) is 5.43. The molecule has 1 aromatic rings. The molecule has 1 aliphatic heterocycles. The monoisotopic (exact) mass is 180 g/mol. The molecular formula is C9H12N2O2. The lowest BCUT2D eigenvalue weighted by Gasteiger charge is -2.25. The lowest BCUT2D eigenvalue weighted by atomic mass is 10.1. The van der Waals surface area contributed by atoms with Gasteiger partial charge in [0.25, 0.3) is 0 Å². The van der Waals surface area contributed by atoms with Crippen molar-refractivity contribution in [2.24, 2.45) is 5.92 Å². The topological polar surface area (TPSA) is 57.4 Å². The molecule has 2 N–H and O–H groups in total. The van der Waals surface area contributed by atoms with Crippen LogP contribution < -0.4 is 10.5 Å². The van der Waals surface area contributed by atoms with Crippen molar-refractivity contribution < 1.29 is 9.47 Å². The summed E-state index contributed by atoms with van der Waals surface area (Å²) in [7, 11) is 0. The maximum atomic E-state index is 5.47. The fourth-order valence-corrected chi connectivity index (χ4v) is 1.07. The first kappa shape index (κ1) is 8.31. The zero-order valence-corrected chi connectivity index (χ0v) is 7.27. The molecule has 4 nitrogen and oxygen atoms in total. The van der Waals surface area contributed by atoms with Crippen molar-refractivity contribution in [2.45, 2.75) is 0 Å². The molecule has 0 spiro atoms. The molecule has 0 amide bonds. The maximum absolute atomic E-state index is 5.47. The van der Waals surface area contributed by atoms with Gasteiger partial charge >= 0.3 is 0 Å². The normalized spacial score (nSPS) is 16.6. The van der Waals surface area contributed by atoms with Crippen LogP contribution in [0.15, 0.2) is 18.3 Å². The standard InChI is InChI=1S/C9H12N2O2/c10-9-2-1-8(3-11-9)13-6-7-4-12-5-7/h1-3,7H,4-6H2,(H2,10,11). The molecule has 2 heterocycles. The Morgan fingerprint density at radius 3 is 2.92 bits per heavy atom. The molecule has 0 aliphatic carbocycles. The molecule has 1 aromatic heterocycles. The largest absolute Gasteiger partial charge is 0.492 e. The minimum Gasteiger partial charge on any atom is -0.492 e. The Morgan fingerprint density at radius 1 is 1.54 bits per heavy atom. The number of aromatic nitrogens is 1. The molecule has 13 heavy (non-hydrogen) atoms. The number of pyridine rings is 1. The summed E-state index contributed by atoms with van der Waals surface area (Å²) in [6.45, 7) is 2.32. The van der Waals surface area contributed by atoms with E-state index in [4.69, 9.17) is 15.2 Å². The van der Waals surface area contributed by atoms with Crippen LogP contribution in [0, 0.1) is 5.92 Å². The van der Waals surface area contributed by atoms with Gasteiger partial charge in [0.1, 0.15) is 11.6 Å². The van der Waals surface area contributed by atoms with E-state index in [0.717, 1.165) is 19.0 Å². The summed E-state index contributed by atoms with van der Waals surface area (Å²) in [6.07, 6.45) is 1.63. The van der Waals surface area contributed by atoms with Crippen LogP contribution in [-0.2, 0) is 4.74 Å². The maximum Gasteiger partial charge on any atom is 0.137 e. The molecule has 2 rings (SSSR count). The summed E-state index contributed by atoms with van der Waals surface area (Å²) in [4.78, 5) is 3.92. The first-order valence-corrected chi connectivity index (χ1v) is 4.26. The van der Waals surface area contributed by atoms with Gasteiger partial charge in [-0.15, -0.1) is 0 Å². The number of hydrogen-bond donors (Lipinski definition) is 1. The number of nitrogens with zero attached hydrogens (tertiary/aromatic N) is 1. The highest BCUT2D eigenvalue weighted by Crippen LogP contribution is 2.14. The highest BCUT2D eigenvalue weighted by molar-refractivity contribution is 5.32. The van der Waals surface area contributed by atoms with Crippen molar-refractivity contribution >= 4 is 5.82 Å². The molecule has 0 saturated carbocycles. The molecule has 0 radical (unpaired) electrons. The van der Waals surface area contributed by atoms with E-state index in [-0.39, 0.29) is 0 Å². The molecule has 1 fully saturated rings. The van der Waals surface area contributed by atoms with Crippen molar-refractivity contribution in [3.8, 4) is 5.75 Å². The third-order valence-electron chi connectivity index (χ3n) is 1.95. The average Bonchev–Trinajstić information content (AvgIpc) is 2.05. The predicted molar refractivity (Wildman–Crippen MR) is 48.5 cm³/mol. The third kappa shape index (κ3) is 2.09. The predicted octanol–water partition coefficient (Wildman–Crippen LogP) is 0.689. The summed E-state index contributed by atoms with van der Waals surface area (Å²) >= 11 is 0. The molecule has 1 saturated heterocycles. The van der Waals surface area contributed by atoms with Gasteiger partial charge in [0.05, 0.1) is 26.0 Å². The molecule has 0 atom stereocenters. The Hall–Kier alpha value is -1.29. The van der Waals surface area contributed by atoms with E-state index in [1.807, 2.05) is 6.07 Å². The number of nitrogen functional groups attached to an aromatic ring is 1. The van der Waals surface area contributed by atoms with E-state index < -0.39 is 0 Å². The van der Waals surface area contributed by atoms with Crippen LogP contribution in [0.2, 0.25) is 0 Å². The summed E-state index contributed by atoms with van der Waals surface area (Å²) in [6, 6.07) is 3.55. The summed E-state index contributed by atoms with van der Waals surface area (Å²) in [5.74, 6) is 1.82. The SMILES string of the molecule is Nc1ccc(OCC2COC2)cn1. The Kier molecular flexibility index (Phi) is 2.31. The van der Waals surface area contributed by atoms with E-state index >= 15 is 0 Å². The van der Waals surface area contributed by atoms with Crippen LogP contribution in [0.25, 0.3) is 0 Å². The van der Waals surface area contributed by atoms with E-state index in [1.54, 1.807) is 12.3 Å². The Labute approximate surface area is 76.7 Å². The van der Waals surface area contributed by atoms with Crippen LogP contribution in [0.1, 0.15) is 0 Å². The Balaban J connectivity index is 1.83. The molecule has 70 valence electrons. The van der Waals surface area contributed by atoms with Crippen LogP contribution in [0.5, 0.6) is 5.75 Å². The second-order valence-electron chi connectivity index (χ2n) is 3.13. The van der Waals surface area contributed by atoms with Gasteiger partial charge in [-0.2, -0.15) is 0 Å². The van der Waals surface area contributed by atoms with Crippen LogP contribution in [-0.4, -0.2) is 24.8 Å². The first-order valence-electron chi connectivity index (χ1n) is 4.26. The van der Waals surface area contributed by atoms with Gasteiger partial charge in [0.2, 0.25) is 0 Å². The zero-order chi connectivity index (χ0) is 9.10. The van der Waals surface area contributed by atoms with Gasteiger partial charge in [0, 0.05) is 5.92 Å². The highest BCUT2D eigenvalue weighted by atomic mass is 16.5. The number of anilines is 1. The van der Waals surface area contributed by atoms with Crippen molar-refractivity contribution in [2.75, 3.05) is 25.6 Å². The fraction of sp³-hybridized carbons (Fsp3) is 0.444. The Bertz CT molecular complexity index is 269. The van der Waals surface area contributed by atoms with Gasteiger partial charge in [-0.05, 0) is 12.1 Å². The molecule has 4 heteroatoms. The van der Waals surface area contributed by atoms with Gasteiger partial charge in [0.15, 0.2) is 0 Å². The van der Waals surface area contributed by atoms with Crippen molar-refractivity contribution in [1.82, 2.24) is 4.98 Å². The minimum absolute atomic E-state index is 0.513. The molecule has 1 aliphatic rings. The molecule has 0 aromatic carbocycles. The van der Waals surface area contributed by atoms with E-state index in [9.17, 15) is 0 Å². The van der Waals surface area contributed by atoms with Crippen molar-refractivity contribution in [3.05, 3.63) is 18.3 Å². The van der Waals surface area contributed by atoms with E-state index in [0.29, 0.717) is 18.3 Å². The van der Waals surface area contributed by atoms with Gasteiger partial charge in [-0.1, -0.05) is 0 Å². The van der Waals surface area contributed by atoms with Gasteiger partial charge in [-0.25, -0.2) is 4.98 Å². The number of nitrogens with two attached hydrogens (primary N) is 1. The third-order valence-corrected chi connectivity index (χ3v) is 1.95. The minimum atomic E-state index is 0.513. The second kappa shape index (κ2) is 3.62. The van der Waals surface area contributed by atoms with Crippen LogP contribution in [0.3, 0.4) is 0 Å². The molecular weight excluding hydrogens is 168 g/mol. The highest BCUT2D eigenvalue weighted by Gasteiger charge is 2.18. The lowest BCUT2D eigenvalue weighted by molar-refractivity contribution is -0.0508. The number of hydrogen-bond acceptors (Lipinski definition) is 4.